The van der Waals surface area contributed by atoms with E-state index in [1.807, 2.05) is 18.2 Å². The molecule has 1 saturated heterocycles. The topological polar surface area (TPSA) is 117 Å². The highest BCUT2D eigenvalue weighted by Crippen LogP contribution is 2.65. The van der Waals surface area contributed by atoms with Crippen LogP contribution in [0.2, 0.25) is 0 Å². The van der Waals surface area contributed by atoms with Gasteiger partial charge in [0.05, 0.1) is 36.9 Å². The zero-order valence-corrected chi connectivity index (χ0v) is 23.2. The smallest absolute Gasteiger partial charge is 0.490 e. The average molecular weight is 595 g/mol. The maximum Gasteiger partial charge on any atom is 0.490 e. The van der Waals surface area contributed by atoms with Crippen molar-refractivity contribution in [2.45, 2.75) is 30.5 Å². The average Bonchev–Trinajstić information content (AvgIpc) is 3.52. The van der Waals surface area contributed by atoms with E-state index in [1.54, 1.807) is 7.11 Å². The number of hydrogen-bond acceptors (Lipinski definition) is 6. The lowest BCUT2D eigenvalue weighted by atomic mass is 9.91. The number of rotatable bonds is 5. The third-order valence-corrected chi connectivity index (χ3v) is 8.26. The zero-order valence-electron chi connectivity index (χ0n) is 23.2. The summed E-state index contributed by atoms with van der Waals surface area (Å²) in [5, 5.41) is 19.2. The molecule has 0 bridgehead atoms. The predicted molar refractivity (Wildman–Crippen MR) is 152 cm³/mol. The van der Waals surface area contributed by atoms with Crippen molar-refractivity contribution in [2.24, 2.45) is 0 Å². The number of fused-ring (bicyclic) bond motifs is 3. The van der Waals surface area contributed by atoms with E-state index in [1.165, 1.54) is 5.56 Å². The molecular formula is C31H29F3N4O5. The Morgan fingerprint density at radius 3 is 2.63 bits per heavy atom. The van der Waals surface area contributed by atoms with Gasteiger partial charge in [0, 0.05) is 42.2 Å². The highest BCUT2D eigenvalue weighted by molar-refractivity contribution is 6.10. The number of carboxylic acid groups (broad SMARTS) is 1. The van der Waals surface area contributed by atoms with Gasteiger partial charge in [0.15, 0.2) is 0 Å². The number of halogens is 3. The molecule has 7 rings (SSSR count). The quantitative estimate of drug-likeness (QED) is 0.295. The van der Waals surface area contributed by atoms with Gasteiger partial charge in [-0.05, 0) is 53.4 Å². The summed E-state index contributed by atoms with van der Waals surface area (Å²) in [6, 6.07) is 20.9. The Hall–Kier alpha value is -4.42. The van der Waals surface area contributed by atoms with Crippen LogP contribution < -0.4 is 10.1 Å². The first-order chi connectivity index (χ1) is 20.6. The fourth-order valence-electron chi connectivity index (χ4n) is 6.01. The molecule has 3 N–H and O–H groups in total. The molecule has 0 unspecified atom stereocenters. The molecule has 2 aliphatic heterocycles. The fraction of sp³-hybridized carbons (Fsp3) is 0.323. The van der Waals surface area contributed by atoms with Crippen molar-refractivity contribution in [3.8, 4) is 17.0 Å². The number of hydrogen-bond donors (Lipinski definition) is 3. The van der Waals surface area contributed by atoms with Gasteiger partial charge in [-0.15, -0.1) is 0 Å². The Morgan fingerprint density at radius 2 is 1.91 bits per heavy atom. The minimum absolute atomic E-state index is 0.0817. The monoisotopic (exact) mass is 594 g/mol. The summed E-state index contributed by atoms with van der Waals surface area (Å²) in [6.07, 6.45) is -4.28. The largest absolute Gasteiger partial charge is 0.497 e. The number of benzene rings is 3. The van der Waals surface area contributed by atoms with Crippen molar-refractivity contribution in [1.82, 2.24) is 15.1 Å². The van der Waals surface area contributed by atoms with Crippen LogP contribution in [0.15, 0.2) is 60.7 Å². The van der Waals surface area contributed by atoms with Crippen LogP contribution in [0.4, 0.5) is 18.9 Å². The van der Waals surface area contributed by atoms with Gasteiger partial charge in [0.2, 0.25) is 5.91 Å². The number of carboxylic acids is 1. The second-order valence-corrected chi connectivity index (χ2v) is 10.9. The first-order valence-corrected chi connectivity index (χ1v) is 13.8. The lowest BCUT2D eigenvalue weighted by Crippen LogP contribution is -2.35. The van der Waals surface area contributed by atoms with E-state index in [2.05, 4.69) is 62.9 Å². The standard InChI is InChI=1S/C29H28N4O3.C2HF3O2/c1-35-21-6-8-25-23(15-21)29(28(34)30-25)16-24(29)19-5-7-22-26(14-19)31-32-27(22)20-4-2-3-18(13-20)17-33-9-11-36-12-10-33;3-2(4,5)1(6)7/h2-8,13-15,24H,9-12,16-17H2,1H3,(H,30,34)(H,31,32);(H,6,7)/t24-,29-;/m0./s1. The summed E-state index contributed by atoms with van der Waals surface area (Å²) in [6.45, 7) is 4.46. The summed E-state index contributed by atoms with van der Waals surface area (Å²) < 4.78 is 42.6. The van der Waals surface area contributed by atoms with E-state index < -0.39 is 17.6 Å². The van der Waals surface area contributed by atoms with E-state index in [9.17, 15) is 18.0 Å². The van der Waals surface area contributed by atoms with Crippen LogP contribution in [0, 0.1) is 0 Å². The number of H-pyrrole nitrogens is 1. The molecule has 1 spiro atoms. The third kappa shape index (κ3) is 5.43. The number of nitrogens with one attached hydrogen (secondary N) is 2. The summed E-state index contributed by atoms with van der Waals surface area (Å²) in [4.78, 5) is 24.4. The second kappa shape index (κ2) is 11.0. The number of carbonyl (C=O) groups excluding carboxylic acids is 1. The maximum atomic E-state index is 13.0. The number of amides is 1. The van der Waals surface area contributed by atoms with E-state index in [0.29, 0.717) is 0 Å². The molecule has 3 aromatic carbocycles. The highest BCUT2D eigenvalue weighted by Gasteiger charge is 2.65. The van der Waals surface area contributed by atoms with Gasteiger partial charge >= 0.3 is 12.1 Å². The number of anilines is 1. The van der Waals surface area contributed by atoms with Crippen LogP contribution in [0.25, 0.3) is 22.2 Å². The molecule has 12 heteroatoms. The minimum atomic E-state index is -5.08. The Labute approximate surface area is 244 Å². The van der Waals surface area contributed by atoms with Gasteiger partial charge in [-0.25, -0.2) is 4.79 Å². The molecule has 4 aromatic rings. The summed E-state index contributed by atoms with van der Waals surface area (Å²) in [5.74, 6) is -1.76. The van der Waals surface area contributed by atoms with Gasteiger partial charge in [0.25, 0.3) is 0 Å². The zero-order chi connectivity index (χ0) is 30.4. The number of ether oxygens (including phenoxy) is 2. The Bertz CT molecular complexity index is 1700. The van der Waals surface area contributed by atoms with Gasteiger partial charge in [0.1, 0.15) is 5.75 Å². The lowest BCUT2D eigenvalue weighted by Gasteiger charge is -2.26. The molecule has 3 aliphatic rings. The first kappa shape index (κ1) is 28.7. The molecule has 3 heterocycles. The molecular weight excluding hydrogens is 565 g/mol. The number of aromatic amines is 1. The van der Waals surface area contributed by atoms with Gasteiger partial charge in [-0.2, -0.15) is 18.3 Å². The van der Waals surface area contributed by atoms with Crippen LogP contribution >= 0.6 is 0 Å². The van der Waals surface area contributed by atoms with Crippen molar-refractivity contribution in [1.29, 1.82) is 0 Å². The predicted octanol–water partition coefficient (Wildman–Crippen LogP) is 5.08. The van der Waals surface area contributed by atoms with Gasteiger partial charge in [-0.3, -0.25) is 14.8 Å². The van der Waals surface area contributed by atoms with Gasteiger partial charge < -0.3 is 19.9 Å². The van der Waals surface area contributed by atoms with Crippen molar-refractivity contribution in [2.75, 3.05) is 38.7 Å². The third-order valence-electron chi connectivity index (χ3n) is 8.26. The highest BCUT2D eigenvalue weighted by atomic mass is 19.4. The molecule has 9 nitrogen and oxygen atoms in total. The van der Waals surface area contributed by atoms with Crippen LogP contribution in [-0.2, 0) is 26.3 Å². The minimum Gasteiger partial charge on any atom is -0.497 e. The molecule has 1 aromatic heterocycles. The fourth-order valence-corrected chi connectivity index (χ4v) is 6.01. The molecule has 1 amide bonds. The number of carbonyl (C=O) groups is 2. The molecule has 43 heavy (non-hydrogen) atoms. The summed E-state index contributed by atoms with van der Waals surface area (Å²) in [5.41, 5.74) is 6.93. The normalized spacial score (nSPS) is 21.2. The summed E-state index contributed by atoms with van der Waals surface area (Å²) >= 11 is 0. The van der Waals surface area contributed by atoms with Crippen molar-refractivity contribution in [3.05, 3.63) is 77.4 Å². The van der Waals surface area contributed by atoms with Crippen molar-refractivity contribution in [3.63, 3.8) is 0 Å². The molecule has 224 valence electrons. The SMILES string of the molecule is COc1ccc2c(c1)[C@]1(C[C@H]1c1ccc3c(-c4cccc(CN5CCOCC5)c4)n[nH]c3c1)C(=O)N2.O=C(O)C(F)(F)F. The molecule has 0 radical (unpaired) electrons. The van der Waals surface area contributed by atoms with Crippen LogP contribution in [-0.4, -0.2) is 71.7 Å². The Morgan fingerprint density at radius 1 is 1.14 bits per heavy atom. The number of alkyl halides is 3. The van der Waals surface area contributed by atoms with Crippen LogP contribution in [0.3, 0.4) is 0 Å². The van der Waals surface area contributed by atoms with E-state index in [4.69, 9.17) is 19.4 Å². The second-order valence-electron chi connectivity index (χ2n) is 10.9. The van der Waals surface area contributed by atoms with E-state index in [-0.39, 0.29) is 11.8 Å². The first-order valence-electron chi connectivity index (χ1n) is 13.8. The number of nitrogens with zero attached hydrogens (tertiary/aromatic N) is 2. The lowest BCUT2D eigenvalue weighted by molar-refractivity contribution is -0.192. The Kier molecular flexibility index (Phi) is 7.35. The number of aliphatic carboxylic acids is 1. The number of aromatic nitrogens is 2. The van der Waals surface area contributed by atoms with E-state index >= 15 is 0 Å². The maximum absolute atomic E-state index is 13.0. The number of methoxy groups -OCH3 is 1. The van der Waals surface area contributed by atoms with E-state index in [0.717, 1.165) is 84.0 Å². The van der Waals surface area contributed by atoms with Crippen molar-refractivity contribution >= 4 is 28.5 Å². The number of morpholine rings is 1. The van der Waals surface area contributed by atoms with Crippen molar-refractivity contribution < 1.29 is 37.3 Å². The van der Waals surface area contributed by atoms with Gasteiger partial charge in [-0.1, -0.05) is 30.3 Å². The Balaban J connectivity index is 0.000000423. The molecule has 2 atom stereocenters. The van der Waals surface area contributed by atoms with Crippen LogP contribution in [0.1, 0.15) is 29.0 Å². The molecule has 2 fully saturated rings. The van der Waals surface area contributed by atoms with Crippen LogP contribution in [0.5, 0.6) is 5.75 Å². The molecule has 1 saturated carbocycles. The molecule has 1 aliphatic carbocycles. The summed E-state index contributed by atoms with van der Waals surface area (Å²) in [7, 11) is 1.66.